The number of nitrogen functional groups attached to an aromatic ring is 1. The van der Waals surface area contributed by atoms with Crippen LogP contribution in [0.3, 0.4) is 0 Å². The van der Waals surface area contributed by atoms with Crippen molar-refractivity contribution >= 4 is 23.4 Å². The summed E-state index contributed by atoms with van der Waals surface area (Å²) in [5.74, 6) is 1.04. The molecule has 158 valence electrons. The van der Waals surface area contributed by atoms with Crippen LogP contribution in [0.2, 0.25) is 0 Å². The topological polar surface area (TPSA) is 136 Å². The molecule has 0 aliphatic heterocycles. The quantitative estimate of drug-likeness (QED) is 0.459. The second kappa shape index (κ2) is 8.11. The van der Waals surface area contributed by atoms with E-state index in [-0.39, 0.29) is 29.7 Å². The van der Waals surface area contributed by atoms with E-state index < -0.39 is 5.82 Å². The van der Waals surface area contributed by atoms with Crippen LogP contribution in [0, 0.1) is 5.82 Å². The molecule has 0 saturated heterocycles. The Bertz CT molecular complexity index is 1040. The van der Waals surface area contributed by atoms with Crippen LogP contribution in [0.5, 0.6) is 5.75 Å². The molecule has 1 aliphatic rings. The highest BCUT2D eigenvalue weighted by Gasteiger charge is 2.33. The number of nitrogens with two attached hydrogens (primary N) is 1. The Morgan fingerprint density at radius 1 is 1.27 bits per heavy atom. The Morgan fingerprint density at radius 3 is 2.77 bits per heavy atom. The number of hydrogen-bond donors (Lipinski definition) is 4. The van der Waals surface area contributed by atoms with Crippen molar-refractivity contribution in [2.75, 3.05) is 30.1 Å². The molecule has 30 heavy (non-hydrogen) atoms. The number of nitrogens with zero attached hydrogens (tertiary/aromatic N) is 5. The second-order valence-corrected chi connectivity index (χ2v) is 7.21. The molecule has 0 amide bonds. The lowest BCUT2D eigenvalue weighted by molar-refractivity contribution is 0.214. The normalized spacial score (nSPS) is 15.2. The van der Waals surface area contributed by atoms with Gasteiger partial charge in [-0.2, -0.15) is 9.67 Å². The van der Waals surface area contributed by atoms with Crippen LogP contribution in [0.25, 0.3) is 5.82 Å². The van der Waals surface area contributed by atoms with Gasteiger partial charge in [-0.15, -0.1) is 5.10 Å². The lowest BCUT2D eigenvalue weighted by Gasteiger charge is -2.28. The fourth-order valence-electron chi connectivity index (χ4n) is 3.57. The summed E-state index contributed by atoms with van der Waals surface area (Å²) in [6.07, 6.45) is 5.23. The summed E-state index contributed by atoms with van der Waals surface area (Å²) >= 11 is 0. The first kappa shape index (κ1) is 19.8. The van der Waals surface area contributed by atoms with Gasteiger partial charge in [0.05, 0.1) is 24.9 Å². The maximum Gasteiger partial charge on any atom is 0.248 e. The molecule has 0 spiro atoms. The van der Waals surface area contributed by atoms with Gasteiger partial charge in [-0.25, -0.2) is 14.4 Å². The number of methoxy groups -OCH3 is 1. The summed E-state index contributed by atoms with van der Waals surface area (Å²) in [6, 6.07) is 6.07. The molecular weight excluding hydrogens is 391 g/mol. The molecule has 1 aromatic carbocycles. The Kier molecular flexibility index (Phi) is 5.36. The number of nitrogens with one attached hydrogen (secondary N) is 2. The summed E-state index contributed by atoms with van der Waals surface area (Å²) in [5, 5.41) is 20.2. The third kappa shape index (κ3) is 3.96. The molecule has 1 saturated carbocycles. The molecule has 2 heterocycles. The van der Waals surface area contributed by atoms with Crippen molar-refractivity contribution in [2.45, 2.75) is 31.2 Å². The third-order valence-corrected chi connectivity index (χ3v) is 5.18. The van der Waals surface area contributed by atoms with Gasteiger partial charge in [0.1, 0.15) is 23.7 Å². The highest BCUT2D eigenvalue weighted by Crippen LogP contribution is 2.32. The molecular formula is C19H23FN8O2. The van der Waals surface area contributed by atoms with Gasteiger partial charge in [0.15, 0.2) is 5.82 Å². The van der Waals surface area contributed by atoms with E-state index in [0.717, 1.165) is 25.7 Å². The minimum Gasteiger partial charge on any atom is -0.497 e. The monoisotopic (exact) mass is 414 g/mol. The molecule has 1 fully saturated rings. The molecule has 11 heteroatoms. The first-order valence-corrected chi connectivity index (χ1v) is 9.56. The SMILES string of the molecule is COc1ccc(Nc2nc(N)n(-c3cc(NC4(CO)CCCC4)ncn3)n2)c(F)c1. The number of halogens is 1. The lowest BCUT2D eigenvalue weighted by Crippen LogP contribution is -2.39. The standard InChI is InChI=1S/C19H23FN8O2/c1-30-12-4-5-14(13(20)8-12)24-18-25-17(21)28(27-18)16-9-15(22-11-23-16)26-19(10-29)6-2-3-7-19/h4-5,8-9,11,29H,2-3,6-7,10H2,1H3,(H,22,23,26)(H3,21,24,25,27). The highest BCUT2D eigenvalue weighted by molar-refractivity contribution is 5.57. The number of ether oxygens (including phenoxy) is 1. The average Bonchev–Trinajstić information content (AvgIpc) is 3.36. The smallest absolute Gasteiger partial charge is 0.248 e. The molecule has 0 radical (unpaired) electrons. The van der Waals surface area contributed by atoms with E-state index in [1.807, 2.05) is 0 Å². The van der Waals surface area contributed by atoms with Gasteiger partial charge in [0, 0.05) is 12.1 Å². The van der Waals surface area contributed by atoms with Gasteiger partial charge >= 0.3 is 0 Å². The number of rotatable bonds is 7. The zero-order chi connectivity index (χ0) is 21.1. The van der Waals surface area contributed by atoms with E-state index in [9.17, 15) is 9.50 Å². The maximum absolute atomic E-state index is 14.2. The molecule has 1 aliphatic carbocycles. The summed E-state index contributed by atoms with van der Waals surface area (Å²) in [7, 11) is 1.46. The van der Waals surface area contributed by atoms with Crippen LogP contribution in [-0.4, -0.2) is 49.1 Å². The minimum absolute atomic E-state index is 0.0271. The third-order valence-electron chi connectivity index (χ3n) is 5.18. The van der Waals surface area contributed by atoms with Crippen LogP contribution >= 0.6 is 0 Å². The van der Waals surface area contributed by atoms with E-state index in [0.29, 0.717) is 17.4 Å². The summed E-state index contributed by atoms with van der Waals surface area (Å²) < 4.78 is 20.5. The minimum atomic E-state index is -0.511. The lowest BCUT2D eigenvalue weighted by atomic mass is 9.99. The molecule has 4 rings (SSSR count). The van der Waals surface area contributed by atoms with Gasteiger partial charge in [-0.1, -0.05) is 12.8 Å². The Balaban J connectivity index is 1.56. The number of benzene rings is 1. The summed E-state index contributed by atoms with van der Waals surface area (Å²) in [4.78, 5) is 12.6. The first-order valence-electron chi connectivity index (χ1n) is 9.56. The van der Waals surface area contributed by atoms with Crippen molar-refractivity contribution in [2.24, 2.45) is 0 Å². The molecule has 0 bridgehead atoms. The van der Waals surface area contributed by atoms with Crippen LogP contribution < -0.4 is 21.1 Å². The number of aliphatic hydroxyl groups is 1. The van der Waals surface area contributed by atoms with Crippen LogP contribution in [0.15, 0.2) is 30.6 Å². The maximum atomic E-state index is 14.2. The number of anilines is 4. The zero-order valence-corrected chi connectivity index (χ0v) is 16.5. The van der Waals surface area contributed by atoms with Crippen molar-refractivity contribution in [1.29, 1.82) is 0 Å². The molecule has 3 aromatic rings. The molecule has 2 aromatic heterocycles. The van der Waals surface area contributed by atoms with E-state index in [1.165, 1.54) is 30.3 Å². The fraction of sp³-hybridized carbons (Fsp3) is 0.368. The average molecular weight is 414 g/mol. The van der Waals surface area contributed by atoms with Gasteiger partial charge in [-0.05, 0) is 25.0 Å². The van der Waals surface area contributed by atoms with E-state index >= 15 is 0 Å². The number of aromatic nitrogens is 5. The van der Waals surface area contributed by atoms with Crippen LogP contribution in [-0.2, 0) is 0 Å². The Labute approximate surface area is 172 Å². The Morgan fingerprint density at radius 2 is 2.07 bits per heavy atom. The van der Waals surface area contributed by atoms with Crippen LogP contribution in [0.4, 0.5) is 27.8 Å². The summed E-state index contributed by atoms with van der Waals surface area (Å²) in [5.41, 5.74) is 5.80. The summed E-state index contributed by atoms with van der Waals surface area (Å²) in [6.45, 7) is 0.0271. The van der Waals surface area contributed by atoms with Crippen molar-refractivity contribution in [3.05, 3.63) is 36.4 Å². The van der Waals surface area contributed by atoms with Gasteiger partial charge in [0.2, 0.25) is 11.9 Å². The predicted molar refractivity (Wildman–Crippen MR) is 110 cm³/mol. The number of hydrogen-bond acceptors (Lipinski definition) is 9. The van der Waals surface area contributed by atoms with Gasteiger partial charge in [0.25, 0.3) is 0 Å². The molecule has 5 N–H and O–H groups in total. The van der Waals surface area contributed by atoms with Crippen molar-refractivity contribution in [3.8, 4) is 11.6 Å². The van der Waals surface area contributed by atoms with Crippen LogP contribution in [0.1, 0.15) is 25.7 Å². The van der Waals surface area contributed by atoms with E-state index in [2.05, 4.69) is 30.7 Å². The molecule has 0 atom stereocenters. The fourth-order valence-corrected chi connectivity index (χ4v) is 3.57. The predicted octanol–water partition coefficient (Wildman–Crippen LogP) is 2.25. The first-order chi connectivity index (χ1) is 14.5. The Hall–Kier alpha value is -3.47. The number of aliphatic hydroxyl groups excluding tert-OH is 1. The largest absolute Gasteiger partial charge is 0.497 e. The van der Waals surface area contributed by atoms with E-state index in [1.54, 1.807) is 12.1 Å². The van der Waals surface area contributed by atoms with Crippen molar-refractivity contribution in [1.82, 2.24) is 24.7 Å². The van der Waals surface area contributed by atoms with Crippen molar-refractivity contribution in [3.63, 3.8) is 0 Å². The van der Waals surface area contributed by atoms with E-state index in [4.69, 9.17) is 10.5 Å². The van der Waals surface area contributed by atoms with Gasteiger partial charge in [-0.3, -0.25) is 0 Å². The highest BCUT2D eigenvalue weighted by atomic mass is 19.1. The molecule has 10 nitrogen and oxygen atoms in total. The zero-order valence-electron chi connectivity index (χ0n) is 16.5. The molecule has 0 unspecified atom stereocenters. The second-order valence-electron chi connectivity index (χ2n) is 7.21. The van der Waals surface area contributed by atoms with Gasteiger partial charge < -0.3 is 26.2 Å². The van der Waals surface area contributed by atoms with Crippen molar-refractivity contribution < 1.29 is 14.2 Å².